The summed E-state index contributed by atoms with van der Waals surface area (Å²) in [5.74, 6) is -0.570. The third kappa shape index (κ3) is 5.18. The smallest absolute Gasteiger partial charge is 0.238 e. The van der Waals surface area contributed by atoms with Gasteiger partial charge in [0.2, 0.25) is 5.91 Å². The molecule has 0 atom stereocenters. The zero-order chi connectivity index (χ0) is 18.4. The third-order valence-corrected chi connectivity index (χ3v) is 3.69. The number of nitrogens with zero attached hydrogens (tertiary/aromatic N) is 2. The first-order chi connectivity index (χ1) is 11.9. The number of carbonyl (C=O) groups is 1. The van der Waals surface area contributed by atoms with E-state index in [-0.39, 0.29) is 18.2 Å². The number of anilines is 1. The van der Waals surface area contributed by atoms with E-state index in [0.29, 0.717) is 28.4 Å². The van der Waals surface area contributed by atoms with Crippen molar-refractivity contribution in [3.05, 3.63) is 58.4 Å². The molecule has 0 bridgehead atoms. The molecule has 1 amide bonds. The van der Waals surface area contributed by atoms with Crippen molar-refractivity contribution >= 4 is 23.2 Å². The van der Waals surface area contributed by atoms with Crippen molar-refractivity contribution in [3.8, 4) is 11.8 Å². The number of halogens is 2. The second-order valence-electron chi connectivity index (χ2n) is 5.49. The van der Waals surface area contributed by atoms with Crippen LogP contribution in [0.5, 0.6) is 5.75 Å². The maximum Gasteiger partial charge on any atom is 0.238 e. The lowest BCUT2D eigenvalue weighted by Crippen LogP contribution is -2.30. The quantitative estimate of drug-likeness (QED) is 0.856. The average molecular weight is 362 g/mol. The van der Waals surface area contributed by atoms with Gasteiger partial charge in [0, 0.05) is 11.6 Å². The minimum absolute atomic E-state index is 0.0744. The Kier molecular flexibility index (Phi) is 6.34. The Balaban J connectivity index is 1.98. The largest absolute Gasteiger partial charge is 0.494 e. The van der Waals surface area contributed by atoms with E-state index >= 15 is 0 Å². The SMILES string of the molecule is COc1ccc(CN(C)CC(=O)Nc2cc(Cl)ccc2C#N)cc1F. The molecule has 0 unspecified atom stereocenters. The Bertz CT molecular complexity index is 820. The number of likely N-dealkylation sites (N-methyl/N-ethyl adjacent to an activating group) is 1. The highest BCUT2D eigenvalue weighted by Crippen LogP contribution is 2.21. The summed E-state index contributed by atoms with van der Waals surface area (Å²) in [5, 5.41) is 12.2. The third-order valence-electron chi connectivity index (χ3n) is 3.46. The maximum absolute atomic E-state index is 13.7. The first kappa shape index (κ1) is 18.7. The molecule has 130 valence electrons. The predicted octanol–water partition coefficient (Wildman–Crippen LogP) is 3.43. The van der Waals surface area contributed by atoms with Crippen LogP contribution in [0.25, 0.3) is 0 Å². The van der Waals surface area contributed by atoms with Crippen molar-refractivity contribution in [1.29, 1.82) is 5.26 Å². The number of amides is 1. The minimum atomic E-state index is -0.449. The fourth-order valence-corrected chi connectivity index (χ4v) is 2.50. The van der Waals surface area contributed by atoms with Crippen molar-refractivity contribution in [3.63, 3.8) is 0 Å². The van der Waals surface area contributed by atoms with E-state index in [9.17, 15) is 9.18 Å². The molecule has 0 aromatic heterocycles. The van der Waals surface area contributed by atoms with Gasteiger partial charge in [-0.2, -0.15) is 5.26 Å². The number of nitrogens with one attached hydrogen (secondary N) is 1. The van der Waals surface area contributed by atoms with Crippen molar-refractivity contribution in [2.24, 2.45) is 0 Å². The number of methoxy groups -OCH3 is 1. The van der Waals surface area contributed by atoms with Crippen LogP contribution in [-0.2, 0) is 11.3 Å². The summed E-state index contributed by atoms with van der Waals surface area (Å²) in [7, 11) is 3.14. The van der Waals surface area contributed by atoms with Gasteiger partial charge in [0.15, 0.2) is 11.6 Å². The van der Waals surface area contributed by atoms with Gasteiger partial charge in [-0.1, -0.05) is 17.7 Å². The topological polar surface area (TPSA) is 65.4 Å². The van der Waals surface area contributed by atoms with Crippen LogP contribution >= 0.6 is 11.6 Å². The van der Waals surface area contributed by atoms with Gasteiger partial charge in [-0.05, 0) is 42.9 Å². The van der Waals surface area contributed by atoms with Crippen LogP contribution in [0.4, 0.5) is 10.1 Å². The zero-order valence-electron chi connectivity index (χ0n) is 13.8. The van der Waals surface area contributed by atoms with Crippen molar-refractivity contribution in [1.82, 2.24) is 4.90 Å². The van der Waals surface area contributed by atoms with Crippen molar-refractivity contribution in [2.45, 2.75) is 6.54 Å². The summed E-state index contributed by atoms with van der Waals surface area (Å²) < 4.78 is 18.6. The van der Waals surface area contributed by atoms with Crippen LogP contribution in [0.2, 0.25) is 5.02 Å². The fraction of sp³-hybridized carbons (Fsp3) is 0.222. The normalized spacial score (nSPS) is 10.4. The molecule has 2 aromatic rings. The predicted molar refractivity (Wildman–Crippen MR) is 94.1 cm³/mol. The number of benzene rings is 2. The highest BCUT2D eigenvalue weighted by molar-refractivity contribution is 6.31. The lowest BCUT2D eigenvalue weighted by Gasteiger charge is -2.17. The summed E-state index contributed by atoms with van der Waals surface area (Å²) in [5.41, 5.74) is 1.41. The number of nitriles is 1. The fourth-order valence-electron chi connectivity index (χ4n) is 2.33. The number of rotatable bonds is 6. The van der Waals surface area contributed by atoms with Crippen LogP contribution in [0, 0.1) is 17.1 Å². The first-order valence-electron chi connectivity index (χ1n) is 7.43. The van der Waals surface area contributed by atoms with Crippen LogP contribution < -0.4 is 10.1 Å². The van der Waals surface area contributed by atoms with Gasteiger partial charge in [0.05, 0.1) is 24.9 Å². The van der Waals surface area contributed by atoms with Gasteiger partial charge in [-0.25, -0.2) is 4.39 Å². The molecular formula is C18H17ClFN3O2. The van der Waals surface area contributed by atoms with Gasteiger partial charge in [-0.3, -0.25) is 9.69 Å². The van der Waals surface area contributed by atoms with Crippen LogP contribution in [-0.4, -0.2) is 31.5 Å². The van der Waals surface area contributed by atoms with Gasteiger partial charge < -0.3 is 10.1 Å². The molecule has 0 radical (unpaired) electrons. The summed E-state index contributed by atoms with van der Waals surface area (Å²) >= 11 is 5.89. The van der Waals surface area contributed by atoms with E-state index in [2.05, 4.69) is 5.32 Å². The van der Waals surface area contributed by atoms with Gasteiger partial charge in [-0.15, -0.1) is 0 Å². The van der Waals surface area contributed by atoms with Crippen LogP contribution in [0.3, 0.4) is 0 Å². The number of carbonyl (C=O) groups excluding carboxylic acids is 1. The summed E-state index contributed by atoms with van der Waals surface area (Å²) in [6.45, 7) is 0.458. The maximum atomic E-state index is 13.7. The standard InChI is InChI=1S/C18H17ClFN3O2/c1-23(10-12-3-6-17(25-2)15(20)7-12)11-18(24)22-16-8-14(19)5-4-13(16)9-21/h3-8H,10-11H2,1-2H3,(H,22,24). The van der Waals surface area contributed by atoms with Gasteiger partial charge in [0.1, 0.15) is 6.07 Å². The molecule has 5 nitrogen and oxygen atoms in total. The molecule has 1 N–H and O–H groups in total. The van der Waals surface area contributed by atoms with E-state index < -0.39 is 5.82 Å². The van der Waals surface area contributed by atoms with E-state index in [1.54, 1.807) is 36.2 Å². The van der Waals surface area contributed by atoms with Crippen molar-refractivity contribution < 1.29 is 13.9 Å². The summed E-state index contributed by atoms with van der Waals surface area (Å²) in [4.78, 5) is 13.9. The summed E-state index contributed by atoms with van der Waals surface area (Å²) in [6.07, 6.45) is 0. The van der Waals surface area contributed by atoms with E-state index in [4.69, 9.17) is 21.6 Å². The Morgan fingerprint density at radius 1 is 1.36 bits per heavy atom. The number of hydrogen-bond acceptors (Lipinski definition) is 4. The molecule has 0 aliphatic rings. The van der Waals surface area contributed by atoms with E-state index in [1.165, 1.54) is 19.2 Å². The Morgan fingerprint density at radius 2 is 2.12 bits per heavy atom. The van der Waals surface area contributed by atoms with E-state index in [1.807, 2.05) is 6.07 Å². The molecule has 0 saturated heterocycles. The zero-order valence-corrected chi connectivity index (χ0v) is 14.6. The van der Waals surface area contributed by atoms with Crippen LogP contribution in [0.15, 0.2) is 36.4 Å². The second-order valence-corrected chi connectivity index (χ2v) is 5.93. The average Bonchev–Trinajstić information content (AvgIpc) is 2.55. The van der Waals surface area contributed by atoms with Crippen LogP contribution in [0.1, 0.15) is 11.1 Å². The molecule has 7 heteroatoms. The highest BCUT2D eigenvalue weighted by atomic mass is 35.5. The molecule has 0 aliphatic heterocycles. The number of ether oxygens (including phenoxy) is 1. The number of hydrogen-bond donors (Lipinski definition) is 1. The van der Waals surface area contributed by atoms with Gasteiger partial charge >= 0.3 is 0 Å². The Labute approximate surface area is 150 Å². The molecule has 2 aromatic carbocycles. The second kappa shape index (κ2) is 8.47. The summed E-state index contributed by atoms with van der Waals surface area (Å²) in [6, 6.07) is 11.3. The minimum Gasteiger partial charge on any atom is -0.494 e. The molecule has 25 heavy (non-hydrogen) atoms. The van der Waals surface area contributed by atoms with Gasteiger partial charge in [0.25, 0.3) is 0 Å². The Hall–Kier alpha value is -2.62. The molecule has 0 spiro atoms. The first-order valence-corrected chi connectivity index (χ1v) is 7.81. The van der Waals surface area contributed by atoms with E-state index in [0.717, 1.165) is 0 Å². The molecule has 0 saturated carbocycles. The Morgan fingerprint density at radius 3 is 2.76 bits per heavy atom. The molecule has 0 fully saturated rings. The molecule has 0 aliphatic carbocycles. The van der Waals surface area contributed by atoms with Crippen molar-refractivity contribution in [2.75, 3.05) is 26.0 Å². The molecule has 2 rings (SSSR count). The molecular weight excluding hydrogens is 345 g/mol. The lowest BCUT2D eigenvalue weighted by molar-refractivity contribution is -0.117. The highest BCUT2D eigenvalue weighted by Gasteiger charge is 2.12. The monoisotopic (exact) mass is 361 g/mol. The molecule has 0 heterocycles. The lowest BCUT2D eigenvalue weighted by atomic mass is 10.2.